The van der Waals surface area contributed by atoms with Crippen LogP contribution in [0.1, 0.15) is 29.6 Å². The number of nitrogens with one attached hydrogen (secondary N) is 1. The highest BCUT2D eigenvalue weighted by Crippen LogP contribution is 2.48. The summed E-state index contributed by atoms with van der Waals surface area (Å²) in [6.07, 6.45) is 3.12. The molecule has 1 fully saturated rings. The number of hydrogen-bond donors (Lipinski definition) is 1. The Morgan fingerprint density at radius 2 is 2.22 bits per heavy atom. The maximum absolute atomic E-state index is 13.3. The molecule has 0 spiro atoms. The SMILES string of the molecule is O=C(NCC1(CCCl)CC1)c1cccc(F)c1Br. The van der Waals surface area contributed by atoms with Crippen LogP contribution in [0.4, 0.5) is 4.39 Å². The summed E-state index contributed by atoms with van der Waals surface area (Å²) in [7, 11) is 0. The molecule has 0 saturated heterocycles. The molecule has 1 saturated carbocycles. The van der Waals surface area contributed by atoms with Crippen LogP contribution < -0.4 is 5.32 Å². The molecule has 1 N–H and O–H groups in total. The van der Waals surface area contributed by atoms with Crippen LogP contribution in [-0.4, -0.2) is 18.3 Å². The van der Waals surface area contributed by atoms with Gasteiger partial charge < -0.3 is 5.32 Å². The number of carbonyl (C=O) groups excluding carboxylic acids is 1. The van der Waals surface area contributed by atoms with Gasteiger partial charge in [0.2, 0.25) is 0 Å². The van der Waals surface area contributed by atoms with E-state index in [1.807, 2.05) is 0 Å². The molecule has 2 rings (SSSR count). The van der Waals surface area contributed by atoms with E-state index in [4.69, 9.17) is 11.6 Å². The van der Waals surface area contributed by atoms with E-state index in [9.17, 15) is 9.18 Å². The third kappa shape index (κ3) is 3.04. The van der Waals surface area contributed by atoms with Gasteiger partial charge in [-0.3, -0.25) is 4.79 Å². The number of alkyl halides is 1. The van der Waals surface area contributed by atoms with E-state index in [0.717, 1.165) is 19.3 Å². The van der Waals surface area contributed by atoms with Crippen molar-refractivity contribution in [1.82, 2.24) is 5.32 Å². The summed E-state index contributed by atoms with van der Waals surface area (Å²) in [6, 6.07) is 4.45. The summed E-state index contributed by atoms with van der Waals surface area (Å²) < 4.78 is 13.5. The lowest BCUT2D eigenvalue weighted by atomic mass is 10.0. The summed E-state index contributed by atoms with van der Waals surface area (Å²) in [5, 5.41) is 2.86. The van der Waals surface area contributed by atoms with Crippen molar-refractivity contribution >= 4 is 33.4 Å². The average molecular weight is 335 g/mol. The van der Waals surface area contributed by atoms with E-state index in [2.05, 4.69) is 21.2 Å². The van der Waals surface area contributed by atoms with Gasteiger partial charge >= 0.3 is 0 Å². The van der Waals surface area contributed by atoms with Gasteiger partial charge in [-0.2, -0.15) is 0 Å². The fourth-order valence-corrected chi connectivity index (χ4v) is 2.78. The van der Waals surface area contributed by atoms with Crippen LogP contribution in [0, 0.1) is 11.2 Å². The summed E-state index contributed by atoms with van der Waals surface area (Å²) in [4.78, 5) is 12.0. The topological polar surface area (TPSA) is 29.1 Å². The first-order chi connectivity index (χ1) is 8.58. The predicted molar refractivity (Wildman–Crippen MR) is 73.4 cm³/mol. The fraction of sp³-hybridized carbons (Fsp3) is 0.462. The average Bonchev–Trinajstić information content (AvgIpc) is 3.11. The van der Waals surface area contributed by atoms with Crippen molar-refractivity contribution in [2.24, 2.45) is 5.41 Å². The Hall–Kier alpha value is -0.610. The Balaban J connectivity index is 1.98. The molecule has 0 atom stereocenters. The van der Waals surface area contributed by atoms with Gasteiger partial charge in [0.1, 0.15) is 5.82 Å². The molecule has 0 bridgehead atoms. The maximum Gasteiger partial charge on any atom is 0.252 e. The minimum Gasteiger partial charge on any atom is -0.351 e. The van der Waals surface area contributed by atoms with E-state index < -0.39 is 5.82 Å². The molecule has 2 nitrogen and oxygen atoms in total. The largest absolute Gasteiger partial charge is 0.351 e. The minimum absolute atomic E-state index is 0.178. The molecule has 0 heterocycles. The van der Waals surface area contributed by atoms with Crippen LogP contribution in [0.25, 0.3) is 0 Å². The molecule has 0 aliphatic heterocycles. The molecule has 98 valence electrons. The smallest absolute Gasteiger partial charge is 0.252 e. The van der Waals surface area contributed by atoms with E-state index in [1.165, 1.54) is 12.1 Å². The zero-order chi connectivity index (χ0) is 13.2. The van der Waals surface area contributed by atoms with Gasteiger partial charge in [-0.05, 0) is 52.7 Å². The molecule has 0 aromatic heterocycles. The first kappa shape index (κ1) is 13.8. The van der Waals surface area contributed by atoms with Crippen LogP contribution in [0.2, 0.25) is 0 Å². The van der Waals surface area contributed by atoms with Crippen molar-refractivity contribution < 1.29 is 9.18 Å². The summed E-state index contributed by atoms with van der Waals surface area (Å²) in [5.74, 6) is -0.0636. The lowest BCUT2D eigenvalue weighted by Crippen LogP contribution is -2.30. The van der Waals surface area contributed by atoms with Crippen LogP contribution in [0.5, 0.6) is 0 Å². The fourth-order valence-electron chi connectivity index (χ4n) is 1.93. The van der Waals surface area contributed by atoms with Crippen LogP contribution in [-0.2, 0) is 0 Å². The normalized spacial score (nSPS) is 16.4. The molecule has 1 aromatic rings. The Morgan fingerprint density at radius 3 is 2.83 bits per heavy atom. The van der Waals surface area contributed by atoms with Gasteiger partial charge in [-0.1, -0.05) is 6.07 Å². The predicted octanol–water partition coefficient (Wildman–Crippen LogP) is 3.73. The maximum atomic E-state index is 13.3. The standard InChI is InChI=1S/C13H14BrClFNO/c14-11-9(2-1-3-10(11)16)12(18)17-8-13(4-5-13)6-7-15/h1-3H,4-8H2,(H,17,18). The number of rotatable bonds is 5. The molecule has 1 aromatic carbocycles. The van der Waals surface area contributed by atoms with Crippen LogP contribution >= 0.6 is 27.5 Å². The van der Waals surface area contributed by atoms with E-state index >= 15 is 0 Å². The first-order valence-electron chi connectivity index (χ1n) is 5.86. The van der Waals surface area contributed by atoms with Crippen molar-refractivity contribution in [3.8, 4) is 0 Å². The number of benzene rings is 1. The molecular formula is C13H14BrClFNO. The number of hydrogen-bond acceptors (Lipinski definition) is 1. The van der Waals surface area contributed by atoms with E-state index in [-0.39, 0.29) is 15.8 Å². The van der Waals surface area contributed by atoms with Crippen molar-refractivity contribution in [3.05, 3.63) is 34.1 Å². The lowest BCUT2D eigenvalue weighted by molar-refractivity contribution is 0.0943. The van der Waals surface area contributed by atoms with Gasteiger partial charge in [-0.15, -0.1) is 11.6 Å². The second-order valence-corrected chi connectivity index (χ2v) is 5.89. The zero-order valence-corrected chi connectivity index (χ0v) is 12.2. The molecule has 1 amide bonds. The lowest BCUT2D eigenvalue weighted by Gasteiger charge is -2.15. The number of halogens is 3. The van der Waals surface area contributed by atoms with Crippen LogP contribution in [0.3, 0.4) is 0 Å². The Labute approximate surface area is 119 Å². The van der Waals surface area contributed by atoms with Crippen LogP contribution in [0.15, 0.2) is 22.7 Å². The first-order valence-corrected chi connectivity index (χ1v) is 7.19. The Bertz CT molecular complexity index is 462. The number of carbonyl (C=O) groups is 1. The second kappa shape index (κ2) is 5.57. The molecule has 5 heteroatoms. The number of amides is 1. The molecular weight excluding hydrogens is 321 g/mol. The van der Waals surface area contributed by atoms with Crippen molar-refractivity contribution in [1.29, 1.82) is 0 Å². The van der Waals surface area contributed by atoms with E-state index in [1.54, 1.807) is 6.07 Å². The highest BCUT2D eigenvalue weighted by atomic mass is 79.9. The Morgan fingerprint density at radius 1 is 1.50 bits per heavy atom. The third-order valence-corrected chi connectivity index (χ3v) is 4.40. The van der Waals surface area contributed by atoms with E-state index in [0.29, 0.717) is 18.0 Å². The minimum atomic E-state index is -0.426. The van der Waals surface area contributed by atoms with Crippen molar-refractivity contribution in [2.45, 2.75) is 19.3 Å². The molecule has 0 radical (unpaired) electrons. The summed E-state index contributed by atoms with van der Waals surface area (Å²) in [6.45, 7) is 0.613. The Kier molecular flexibility index (Phi) is 4.28. The highest BCUT2D eigenvalue weighted by molar-refractivity contribution is 9.10. The van der Waals surface area contributed by atoms with Crippen molar-refractivity contribution in [3.63, 3.8) is 0 Å². The van der Waals surface area contributed by atoms with Crippen molar-refractivity contribution in [2.75, 3.05) is 12.4 Å². The molecule has 1 aliphatic carbocycles. The van der Waals surface area contributed by atoms with Gasteiger partial charge in [0, 0.05) is 12.4 Å². The second-order valence-electron chi connectivity index (χ2n) is 4.72. The van der Waals surface area contributed by atoms with Gasteiger partial charge in [0.25, 0.3) is 5.91 Å². The summed E-state index contributed by atoms with van der Waals surface area (Å²) >= 11 is 8.83. The summed E-state index contributed by atoms with van der Waals surface area (Å²) in [5.41, 5.74) is 0.508. The highest BCUT2D eigenvalue weighted by Gasteiger charge is 2.41. The molecule has 18 heavy (non-hydrogen) atoms. The zero-order valence-electron chi connectivity index (χ0n) is 9.81. The monoisotopic (exact) mass is 333 g/mol. The molecule has 0 unspecified atom stereocenters. The van der Waals surface area contributed by atoms with Gasteiger partial charge in [0.15, 0.2) is 0 Å². The van der Waals surface area contributed by atoms with Gasteiger partial charge in [0.05, 0.1) is 10.0 Å². The quantitative estimate of drug-likeness (QED) is 0.817. The third-order valence-electron chi connectivity index (χ3n) is 3.40. The molecule has 1 aliphatic rings. The van der Waals surface area contributed by atoms with Gasteiger partial charge in [-0.25, -0.2) is 4.39 Å².